The second-order valence-corrected chi connectivity index (χ2v) is 9.73. The third-order valence-corrected chi connectivity index (χ3v) is 7.41. The van der Waals surface area contributed by atoms with Crippen molar-refractivity contribution in [2.24, 2.45) is 0 Å². The molecule has 0 saturated heterocycles. The number of hydrogen-bond donors (Lipinski definition) is 1. The van der Waals surface area contributed by atoms with Crippen molar-refractivity contribution >= 4 is 34.3 Å². The Morgan fingerprint density at radius 2 is 1.91 bits per heavy atom. The lowest BCUT2D eigenvalue weighted by Crippen LogP contribution is -2.26. The molecule has 0 radical (unpaired) electrons. The number of aryl methyl sites for hydroxylation is 1. The van der Waals surface area contributed by atoms with Crippen LogP contribution in [0, 0.1) is 0 Å². The summed E-state index contributed by atoms with van der Waals surface area (Å²) < 4.78 is 3.46. The number of hydrogen-bond acceptors (Lipinski definition) is 5. The van der Waals surface area contributed by atoms with E-state index in [-0.39, 0.29) is 17.2 Å². The summed E-state index contributed by atoms with van der Waals surface area (Å²) in [7, 11) is 0. The summed E-state index contributed by atoms with van der Waals surface area (Å²) >= 11 is 1.33. The zero-order chi connectivity index (χ0) is 24.2. The van der Waals surface area contributed by atoms with Crippen LogP contribution in [-0.2, 0) is 11.2 Å². The molecule has 0 unspecified atom stereocenters. The van der Waals surface area contributed by atoms with Crippen molar-refractivity contribution in [2.75, 3.05) is 12.3 Å². The summed E-state index contributed by atoms with van der Waals surface area (Å²) in [5.74, 6) is 0.638. The van der Waals surface area contributed by atoms with Crippen molar-refractivity contribution in [3.63, 3.8) is 0 Å². The smallest absolute Gasteiger partial charge is 0.267 e. The number of nitrogens with one attached hydrogen (secondary N) is 1. The topological polar surface area (TPSA) is 81.3 Å². The maximum atomic E-state index is 13.4. The minimum Gasteiger partial charge on any atom is -0.355 e. The number of thioether (sulfide) groups is 1. The van der Waals surface area contributed by atoms with Crippen LogP contribution in [0.15, 0.2) is 70.1 Å². The van der Waals surface area contributed by atoms with Crippen molar-refractivity contribution in [1.29, 1.82) is 0 Å². The highest BCUT2D eigenvalue weighted by atomic mass is 32.2. The molecule has 4 aromatic rings. The Morgan fingerprint density at radius 1 is 1.09 bits per heavy atom. The molecule has 0 aliphatic heterocycles. The molecule has 0 bridgehead atoms. The molecule has 8 heteroatoms. The molecule has 1 N–H and O–H groups in total. The molecule has 0 saturated carbocycles. The third kappa shape index (κ3) is 4.89. The zero-order valence-electron chi connectivity index (χ0n) is 19.9. The van der Waals surface area contributed by atoms with E-state index in [4.69, 9.17) is 0 Å². The van der Waals surface area contributed by atoms with E-state index < -0.39 is 0 Å². The lowest BCUT2D eigenvalue weighted by Gasteiger charge is -2.13. The summed E-state index contributed by atoms with van der Waals surface area (Å²) in [6, 6.07) is 15.4. The number of rotatable bonds is 8. The molecule has 7 nitrogen and oxygen atoms in total. The van der Waals surface area contributed by atoms with Gasteiger partial charge in [0.1, 0.15) is 0 Å². The number of para-hydroxylation sites is 1. The monoisotopic (exact) mass is 487 g/mol. The predicted molar refractivity (Wildman–Crippen MR) is 140 cm³/mol. The summed E-state index contributed by atoms with van der Waals surface area (Å²) in [4.78, 5) is 25.9. The molecule has 0 spiro atoms. The van der Waals surface area contributed by atoms with E-state index in [0.717, 1.165) is 36.9 Å². The van der Waals surface area contributed by atoms with Crippen molar-refractivity contribution in [1.82, 2.24) is 24.5 Å². The van der Waals surface area contributed by atoms with Crippen LogP contribution in [0.4, 0.5) is 0 Å². The second kappa shape index (κ2) is 10.5. The molecule has 180 valence electrons. The number of aromatic nitrogens is 4. The fourth-order valence-electron chi connectivity index (χ4n) is 4.56. The number of nitrogens with zero attached hydrogens (tertiary/aromatic N) is 4. The van der Waals surface area contributed by atoms with Gasteiger partial charge in [0, 0.05) is 6.54 Å². The van der Waals surface area contributed by atoms with Crippen molar-refractivity contribution in [3.8, 4) is 5.69 Å². The molecule has 1 aliphatic rings. The Kier molecular flexibility index (Phi) is 6.99. The largest absolute Gasteiger partial charge is 0.355 e. The highest BCUT2D eigenvalue weighted by Crippen LogP contribution is 2.23. The molecule has 1 amide bonds. The van der Waals surface area contributed by atoms with E-state index >= 15 is 0 Å². The molecule has 1 aliphatic carbocycles. The van der Waals surface area contributed by atoms with E-state index in [2.05, 4.69) is 28.5 Å². The first-order valence-electron chi connectivity index (χ1n) is 12.2. The van der Waals surface area contributed by atoms with Gasteiger partial charge < -0.3 is 5.32 Å². The first kappa shape index (κ1) is 23.4. The van der Waals surface area contributed by atoms with Crippen molar-refractivity contribution in [2.45, 2.75) is 50.6 Å². The van der Waals surface area contributed by atoms with Gasteiger partial charge in [-0.2, -0.15) is 0 Å². The van der Waals surface area contributed by atoms with E-state index in [1.165, 1.54) is 35.7 Å². The van der Waals surface area contributed by atoms with Gasteiger partial charge in [0.15, 0.2) is 5.16 Å². The first-order chi connectivity index (χ1) is 17.2. The minimum atomic E-state index is -0.143. The first-order valence-corrected chi connectivity index (χ1v) is 13.2. The van der Waals surface area contributed by atoms with Gasteiger partial charge in [-0.05, 0) is 68.4 Å². The van der Waals surface area contributed by atoms with E-state index in [0.29, 0.717) is 22.9 Å². The number of carbonyl (C=O) groups is 1. The summed E-state index contributed by atoms with van der Waals surface area (Å²) in [6.45, 7) is 2.75. The van der Waals surface area contributed by atoms with Gasteiger partial charge in [0.25, 0.3) is 5.56 Å². The quantitative estimate of drug-likeness (QED) is 0.288. The van der Waals surface area contributed by atoms with Crippen molar-refractivity contribution < 1.29 is 4.79 Å². The highest BCUT2D eigenvalue weighted by Gasteiger charge is 2.18. The molecule has 2 aromatic carbocycles. The van der Waals surface area contributed by atoms with Crippen LogP contribution in [0.3, 0.4) is 0 Å². The summed E-state index contributed by atoms with van der Waals surface area (Å²) in [5, 5.41) is 12.9. The Hall–Kier alpha value is -3.39. The lowest BCUT2D eigenvalue weighted by atomic mass is 9.97. The number of allylic oxidation sites excluding steroid dienone is 1. The molecule has 0 atom stereocenters. The van der Waals surface area contributed by atoms with Gasteiger partial charge in [0.2, 0.25) is 11.7 Å². The van der Waals surface area contributed by atoms with Crippen LogP contribution in [0.25, 0.3) is 22.4 Å². The van der Waals surface area contributed by atoms with Gasteiger partial charge in [-0.15, -0.1) is 10.2 Å². The fourth-order valence-corrected chi connectivity index (χ4v) is 5.33. The predicted octanol–water partition coefficient (Wildman–Crippen LogP) is 4.69. The molecule has 0 fully saturated rings. The van der Waals surface area contributed by atoms with Crippen LogP contribution < -0.4 is 10.9 Å². The fraction of sp³-hybridized carbons (Fsp3) is 0.333. The maximum Gasteiger partial charge on any atom is 0.267 e. The molecular weight excluding hydrogens is 458 g/mol. The molecular formula is C27H29N5O2S. The summed E-state index contributed by atoms with van der Waals surface area (Å²) in [6.07, 6.45) is 8.97. The van der Waals surface area contributed by atoms with Gasteiger partial charge in [-0.25, -0.2) is 4.57 Å². The minimum absolute atomic E-state index is 0.0315. The lowest BCUT2D eigenvalue weighted by molar-refractivity contribution is -0.118. The Morgan fingerprint density at radius 3 is 2.69 bits per heavy atom. The SMILES string of the molecule is CCc1ccc(-n2c(=O)c3ccccc3n3c(SCC(=O)NCCC4=CCCCC4)nnc23)cc1. The van der Waals surface area contributed by atoms with Gasteiger partial charge >= 0.3 is 0 Å². The van der Waals surface area contributed by atoms with E-state index in [1.807, 2.05) is 52.9 Å². The molecule has 5 rings (SSSR count). The average Bonchev–Trinajstić information content (AvgIpc) is 3.32. The molecule has 35 heavy (non-hydrogen) atoms. The number of fused-ring (bicyclic) bond motifs is 3. The van der Waals surface area contributed by atoms with Crippen LogP contribution in [0.5, 0.6) is 0 Å². The standard InChI is InChI=1S/C27H29N5O2S/c1-2-19-12-14-21(15-13-19)31-25(34)22-10-6-7-11-23(22)32-26(31)29-30-27(32)35-18-24(33)28-17-16-20-8-4-3-5-9-20/h6-8,10-15H,2-5,9,16-18H2,1H3,(H,28,33). The van der Waals surface area contributed by atoms with Crippen LogP contribution in [0.1, 0.15) is 44.6 Å². The Bertz CT molecular complexity index is 1450. The zero-order valence-corrected chi connectivity index (χ0v) is 20.7. The highest BCUT2D eigenvalue weighted by molar-refractivity contribution is 7.99. The van der Waals surface area contributed by atoms with Gasteiger partial charge in [0.05, 0.1) is 22.3 Å². The maximum absolute atomic E-state index is 13.4. The normalized spacial score (nSPS) is 13.8. The van der Waals surface area contributed by atoms with E-state index in [1.54, 1.807) is 4.57 Å². The van der Waals surface area contributed by atoms with Crippen LogP contribution in [0.2, 0.25) is 0 Å². The third-order valence-electron chi connectivity index (χ3n) is 6.48. The van der Waals surface area contributed by atoms with Crippen LogP contribution >= 0.6 is 11.8 Å². The van der Waals surface area contributed by atoms with Gasteiger partial charge in [-0.1, -0.05) is 54.6 Å². The number of benzene rings is 2. The van der Waals surface area contributed by atoms with Gasteiger partial charge in [-0.3, -0.25) is 14.0 Å². The number of carbonyl (C=O) groups excluding carboxylic acids is 1. The Balaban J connectivity index is 1.41. The Labute approximate surface area is 208 Å². The molecule has 2 heterocycles. The second-order valence-electron chi connectivity index (χ2n) is 8.79. The van der Waals surface area contributed by atoms with E-state index in [9.17, 15) is 9.59 Å². The van der Waals surface area contributed by atoms with Crippen molar-refractivity contribution in [3.05, 3.63) is 76.1 Å². The molecule has 2 aromatic heterocycles. The summed E-state index contributed by atoms with van der Waals surface area (Å²) in [5.41, 5.74) is 3.97. The van der Waals surface area contributed by atoms with Crippen LogP contribution in [-0.4, -0.2) is 37.4 Å². The number of amides is 1. The average molecular weight is 488 g/mol.